The Morgan fingerprint density at radius 2 is 1.57 bits per heavy atom. The van der Waals surface area contributed by atoms with Crippen LogP contribution in [-0.4, -0.2) is 5.66 Å². The third kappa shape index (κ3) is 0.606. The van der Waals surface area contributed by atoms with Gasteiger partial charge in [0.1, 0.15) is 0 Å². The van der Waals surface area contributed by atoms with Gasteiger partial charge in [-0.3, -0.25) is 0 Å². The molecule has 42 valence electrons. The van der Waals surface area contributed by atoms with Gasteiger partial charge in [0.25, 0.3) is 0 Å². The Morgan fingerprint density at radius 1 is 1.43 bits per heavy atom. The zero-order chi connectivity index (χ0) is 5.65. The first-order valence-corrected chi connectivity index (χ1v) is 3.49. The fourth-order valence-corrected chi connectivity index (χ4v) is 1.63. The van der Waals surface area contributed by atoms with Gasteiger partial charge >= 0.3 is 0 Å². The summed E-state index contributed by atoms with van der Waals surface area (Å²) < 4.78 is 0. The molecule has 0 aromatic carbocycles. The molecule has 0 nitrogen and oxygen atoms in total. The van der Waals surface area contributed by atoms with Crippen LogP contribution in [0.2, 0.25) is 0 Å². The molecule has 0 amide bonds. The molecule has 0 aliphatic heterocycles. The van der Waals surface area contributed by atoms with E-state index in [-0.39, 0.29) is 0 Å². The molecule has 0 heterocycles. The summed E-state index contributed by atoms with van der Waals surface area (Å²) in [6.07, 6.45) is 0. The van der Waals surface area contributed by atoms with Gasteiger partial charge in [0.15, 0.2) is 0 Å². The van der Waals surface area contributed by atoms with E-state index in [2.05, 4.69) is 30.0 Å². The molecule has 3 atom stereocenters. The quantitative estimate of drug-likeness (QED) is 0.424. The van der Waals surface area contributed by atoms with E-state index >= 15 is 0 Å². The van der Waals surface area contributed by atoms with Crippen molar-refractivity contribution in [1.82, 2.24) is 0 Å². The molecule has 0 N–H and O–H groups in total. The Kier molecular flexibility index (Phi) is 0.975. The third-order valence-electron chi connectivity index (χ3n) is 2.46. The van der Waals surface area contributed by atoms with Crippen LogP contribution in [0.1, 0.15) is 20.8 Å². The molecule has 0 radical (unpaired) electrons. The Bertz CT molecular complexity index is 76.2. The van der Waals surface area contributed by atoms with Crippen LogP contribution in [0.25, 0.3) is 0 Å². The molecule has 1 aliphatic rings. The van der Waals surface area contributed by atoms with Gasteiger partial charge in [-0.1, -0.05) is 20.8 Å². The van der Waals surface area contributed by atoms with Crippen LogP contribution in [0.5, 0.6) is 0 Å². The largest absolute Gasteiger partial charge is 0.134 e. The minimum absolute atomic E-state index is 0.630. The van der Waals surface area contributed by atoms with Crippen LogP contribution < -0.4 is 0 Å². The van der Waals surface area contributed by atoms with Crippen LogP contribution in [0.3, 0.4) is 0 Å². The maximum Gasteiger partial charge on any atom is -0.0179 e. The first kappa shape index (κ1) is 5.56. The summed E-state index contributed by atoms with van der Waals surface area (Å²) in [5.41, 5.74) is 1.51. The molecular weight excluding hydrogens is 103 g/mol. The van der Waals surface area contributed by atoms with Crippen molar-refractivity contribution in [2.75, 3.05) is 0 Å². The van der Waals surface area contributed by atoms with Crippen molar-refractivity contribution in [1.29, 1.82) is 0 Å². The van der Waals surface area contributed by atoms with Crippen molar-refractivity contribution in [2.45, 2.75) is 26.4 Å². The molecule has 1 fully saturated rings. The Labute approximate surface area is 47.9 Å². The van der Waals surface area contributed by atoms with E-state index in [1.165, 1.54) is 0 Å². The molecule has 0 saturated heterocycles. The first-order valence-electron chi connectivity index (χ1n) is 2.82. The van der Waals surface area contributed by atoms with Gasteiger partial charge in [-0.25, -0.2) is 0 Å². The Hall–Kier alpha value is 0.430. The number of hydrogen-bond donors (Lipinski definition) is 0. The SMILES string of the molecule is CC1C(P)C1(C)C. The molecule has 3 unspecified atom stereocenters. The molecule has 1 aliphatic carbocycles. The Morgan fingerprint density at radius 3 is 1.57 bits per heavy atom. The molecule has 0 aromatic heterocycles. The van der Waals surface area contributed by atoms with Gasteiger partial charge in [-0.2, -0.15) is 0 Å². The standard InChI is InChI=1S/C6H13P/c1-4-5(7)6(4,2)3/h4-5H,7H2,1-3H3. The highest BCUT2D eigenvalue weighted by atomic mass is 31.0. The molecule has 1 rings (SSSR count). The highest BCUT2D eigenvalue weighted by Gasteiger charge is 2.51. The highest BCUT2D eigenvalue weighted by Crippen LogP contribution is 2.56. The summed E-state index contributed by atoms with van der Waals surface area (Å²) in [6.45, 7) is 6.93. The minimum atomic E-state index is 0.630. The zero-order valence-electron chi connectivity index (χ0n) is 5.23. The van der Waals surface area contributed by atoms with Crippen molar-refractivity contribution in [3.63, 3.8) is 0 Å². The molecule has 1 heteroatoms. The van der Waals surface area contributed by atoms with Gasteiger partial charge in [-0.05, 0) is 17.0 Å². The highest BCUT2D eigenvalue weighted by molar-refractivity contribution is 7.18. The van der Waals surface area contributed by atoms with E-state index in [1.54, 1.807) is 0 Å². The maximum atomic E-state index is 2.88. The monoisotopic (exact) mass is 116 g/mol. The van der Waals surface area contributed by atoms with Crippen LogP contribution in [0.4, 0.5) is 0 Å². The van der Waals surface area contributed by atoms with Gasteiger partial charge in [-0.15, -0.1) is 9.24 Å². The summed E-state index contributed by atoms with van der Waals surface area (Å²) in [7, 11) is 2.88. The summed E-state index contributed by atoms with van der Waals surface area (Å²) in [6, 6.07) is 0. The molecule has 0 aromatic rings. The van der Waals surface area contributed by atoms with E-state index in [9.17, 15) is 0 Å². The van der Waals surface area contributed by atoms with Crippen molar-refractivity contribution >= 4 is 9.24 Å². The van der Waals surface area contributed by atoms with Gasteiger partial charge in [0, 0.05) is 0 Å². The number of rotatable bonds is 0. The van der Waals surface area contributed by atoms with Crippen LogP contribution in [0, 0.1) is 11.3 Å². The van der Waals surface area contributed by atoms with Crippen molar-refractivity contribution < 1.29 is 0 Å². The van der Waals surface area contributed by atoms with E-state index < -0.39 is 0 Å². The van der Waals surface area contributed by atoms with Crippen LogP contribution in [0.15, 0.2) is 0 Å². The average molecular weight is 116 g/mol. The van der Waals surface area contributed by atoms with E-state index in [1.807, 2.05) is 0 Å². The third-order valence-corrected chi connectivity index (χ3v) is 3.90. The van der Waals surface area contributed by atoms with E-state index in [0.717, 1.165) is 11.6 Å². The second-order valence-electron chi connectivity index (χ2n) is 3.14. The molecule has 7 heavy (non-hydrogen) atoms. The van der Waals surface area contributed by atoms with Crippen LogP contribution in [-0.2, 0) is 0 Å². The lowest BCUT2D eigenvalue weighted by atomic mass is 10.1. The molecular formula is C6H13P. The lowest BCUT2D eigenvalue weighted by Crippen LogP contribution is -1.86. The zero-order valence-corrected chi connectivity index (χ0v) is 6.39. The van der Waals surface area contributed by atoms with Gasteiger partial charge < -0.3 is 0 Å². The smallest absolute Gasteiger partial charge is 0.0179 e. The number of hydrogen-bond acceptors (Lipinski definition) is 0. The van der Waals surface area contributed by atoms with Crippen LogP contribution >= 0.6 is 9.24 Å². The van der Waals surface area contributed by atoms with Gasteiger partial charge in [0.05, 0.1) is 0 Å². The predicted molar refractivity (Wildman–Crippen MR) is 36.4 cm³/mol. The van der Waals surface area contributed by atoms with Crippen molar-refractivity contribution in [2.24, 2.45) is 11.3 Å². The molecule has 0 spiro atoms. The maximum absolute atomic E-state index is 2.88. The topological polar surface area (TPSA) is 0 Å². The fourth-order valence-electron chi connectivity index (χ4n) is 0.940. The summed E-state index contributed by atoms with van der Waals surface area (Å²) in [5, 5.41) is 0. The molecule has 1 saturated carbocycles. The van der Waals surface area contributed by atoms with E-state index in [0.29, 0.717) is 5.41 Å². The Balaban J connectivity index is 2.52. The second-order valence-corrected chi connectivity index (χ2v) is 3.85. The summed E-state index contributed by atoms with van der Waals surface area (Å²) in [4.78, 5) is 0. The van der Waals surface area contributed by atoms with Gasteiger partial charge in [0.2, 0.25) is 0 Å². The van der Waals surface area contributed by atoms with Crippen molar-refractivity contribution in [3.05, 3.63) is 0 Å². The summed E-state index contributed by atoms with van der Waals surface area (Å²) >= 11 is 0. The summed E-state index contributed by atoms with van der Waals surface area (Å²) in [5.74, 6) is 0.928. The van der Waals surface area contributed by atoms with E-state index in [4.69, 9.17) is 0 Å². The fraction of sp³-hybridized carbons (Fsp3) is 1.00. The normalized spacial score (nSPS) is 46.3. The van der Waals surface area contributed by atoms with Crippen molar-refractivity contribution in [3.8, 4) is 0 Å². The first-order chi connectivity index (χ1) is 3.07. The lowest BCUT2D eigenvalue weighted by molar-refractivity contribution is 0.587. The minimum Gasteiger partial charge on any atom is -0.134 e. The average Bonchev–Trinajstić information content (AvgIpc) is 1.91. The molecule has 0 bridgehead atoms. The predicted octanol–water partition coefficient (Wildman–Crippen LogP) is 1.91. The lowest BCUT2D eigenvalue weighted by Gasteiger charge is -1.94. The second kappa shape index (κ2) is 1.23.